The summed E-state index contributed by atoms with van der Waals surface area (Å²) >= 11 is 0. The lowest BCUT2D eigenvalue weighted by Crippen LogP contribution is -2.37. The van der Waals surface area contributed by atoms with Gasteiger partial charge in [0.1, 0.15) is 0 Å². The minimum absolute atomic E-state index is 0.872. The molecule has 0 unspecified atom stereocenters. The Bertz CT molecular complexity index is 318. The fourth-order valence-corrected chi connectivity index (χ4v) is 2.58. The molecule has 0 bridgehead atoms. The lowest BCUT2D eigenvalue weighted by molar-refractivity contribution is 0.190. The van der Waals surface area contributed by atoms with E-state index in [4.69, 9.17) is 0 Å². The van der Waals surface area contributed by atoms with Crippen LogP contribution in [0.4, 0.5) is 0 Å². The highest BCUT2D eigenvalue weighted by Gasteiger charge is 2.17. The van der Waals surface area contributed by atoms with Crippen LogP contribution in [0, 0.1) is 5.92 Å². The molecule has 18 heavy (non-hydrogen) atoms. The largest absolute Gasteiger partial charge is 0.316 e. The molecular formula is C15H25N3. The van der Waals surface area contributed by atoms with Gasteiger partial charge in [-0.2, -0.15) is 0 Å². The van der Waals surface area contributed by atoms with Crippen molar-refractivity contribution in [1.82, 2.24) is 15.2 Å². The Morgan fingerprint density at radius 3 is 2.83 bits per heavy atom. The molecule has 0 radical (unpaired) electrons. The molecule has 1 N–H and O–H groups in total. The normalized spacial score (nSPS) is 18.1. The third-order valence-electron chi connectivity index (χ3n) is 3.87. The van der Waals surface area contributed by atoms with Crippen molar-refractivity contribution in [2.24, 2.45) is 5.92 Å². The molecule has 0 aromatic carbocycles. The molecule has 100 valence electrons. The Hall–Kier alpha value is -0.930. The summed E-state index contributed by atoms with van der Waals surface area (Å²) in [6, 6.07) is 6.13. The van der Waals surface area contributed by atoms with Gasteiger partial charge < -0.3 is 10.2 Å². The van der Waals surface area contributed by atoms with E-state index in [9.17, 15) is 0 Å². The van der Waals surface area contributed by atoms with Crippen molar-refractivity contribution >= 4 is 0 Å². The van der Waals surface area contributed by atoms with Gasteiger partial charge in [-0.3, -0.25) is 4.98 Å². The van der Waals surface area contributed by atoms with E-state index in [1.807, 2.05) is 12.3 Å². The van der Waals surface area contributed by atoms with Crippen molar-refractivity contribution in [3.05, 3.63) is 30.1 Å². The molecule has 1 fully saturated rings. The minimum Gasteiger partial charge on any atom is -0.316 e. The summed E-state index contributed by atoms with van der Waals surface area (Å²) in [4.78, 5) is 6.88. The third kappa shape index (κ3) is 4.39. The molecule has 0 atom stereocenters. The molecule has 2 heterocycles. The smallest absolute Gasteiger partial charge is 0.0416 e. The van der Waals surface area contributed by atoms with Crippen molar-refractivity contribution in [3.63, 3.8) is 0 Å². The molecular weight excluding hydrogens is 222 g/mol. The first-order chi connectivity index (χ1) is 8.88. The van der Waals surface area contributed by atoms with Gasteiger partial charge >= 0.3 is 0 Å². The zero-order valence-corrected chi connectivity index (χ0v) is 11.4. The molecule has 0 amide bonds. The van der Waals surface area contributed by atoms with Crippen LogP contribution in [0.5, 0.6) is 0 Å². The standard InChI is InChI=1S/C15H25N3/c1-2-18-11-7-14(8-12-18)13-16-10-6-15-5-3-4-9-17-15/h3-5,9,14,16H,2,6-8,10-13H2,1H3. The predicted molar refractivity (Wildman–Crippen MR) is 75.6 cm³/mol. The highest BCUT2D eigenvalue weighted by molar-refractivity contribution is 5.03. The Kier molecular flexibility index (Phi) is 5.62. The van der Waals surface area contributed by atoms with E-state index in [0.717, 1.165) is 18.9 Å². The van der Waals surface area contributed by atoms with E-state index in [0.29, 0.717) is 0 Å². The molecule has 1 aliphatic heterocycles. The first-order valence-electron chi connectivity index (χ1n) is 7.21. The summed E-state index contributed by atoms with van der Waals surface area (Å²) in [5.74, 6) is 0.872. The quantitative estimate of drug-likeness (QED) is 0.779. The first kappa shape index (κ1) is 13.5. The van der Waals surface area contributed by atoms with Gasteiger partial charge in [0.05, 0.1) is 0 Å². The van der Waals surface area contributed by atoms with Gasteiger partial charge in [-0.05, 0) is 57.1 Å². The molecule has 2 rings (SSSR count). The number of rotatable bonds is 6. The van der Waals surface area contributed by atoms with Crippen LogP contribution in [0.25, 0.3) is 0 Å². The number of nitrogens with one attached hydrogen (secondary N) is 1. The van der Waals surface area contributed by atoms with Gasteiger partial charge in [0, 0.05) is 24.9 Å². The molecule has 1 saturated heterocycles. The molecule has 3 nitrogen and oxygen atoms in total. The molecule has 1 aromatic rings. The maximum Gasteiger partial charge on any atom is 0.0416 e. The van der Waals surface area contributed by atoms with Crippen LogP contribution in [-0.4, -0.2) is 42.6 Å². The highest BCUT2D eigenvalue weighted by Crippen LogP contribution is 2.15. The second-order valence-electron chi connectivity index (χ2n) is 5.15. The number of hydrogen-bond donors (Lipinski definition) is 1. The predicted octanol–water partition coefficient (Wildman–Crippen LogP) is 1.95. The minimum atomic E-state index is 0.872. The monoisotopic (exact) mass is 247 g/mol. The molecule has 0 spiro atoms. The maximum absolute atomic E-state index is 4.34. The number of hydrogen-bond acceptors (Lipinski definition) is 3. The number of piperidine rings is 1. The Balaban J connectivity index is 1.56. The summed E-state index contributed by atoms with van der Waals surface area (Å²) < 4.78 is 0. The summed E-state index contributed by atoms with van der Waals surface area (Å²) in [7, 11) is 0. The maximum atomic E-state index is 4.34. The zero-order chi connectivity index (χ0) is 12.6. The average Bonchev–Trinajstić information content (AvgIpc) is 2.45. The fourth-order valence-electron chi connectivity index (χ4n) is 2.58. The molecule has 0 saturated carbocycles. The van der Waals surface area contributed by atoms with Crippen molar-refractivity contribution in [3.8, 4) is 0 Å². The number of likely N-dealkylation sites (tertiary alicyclic amines) is 1. The number of nitrogens with zero attached hydrogens (tertiary/aromatic N) is 2. The van der Waals surface area contributed by atoms with Crippen LogP contribution < -0.4 is 5.32 Å². The van der Waals surface area contributed by atoms with Crippen molar-refractivity contribution < 1.29 is 0 Å². The lowest BCUT2D eigenvalue weighted by Gasteiger charge is -2.31. The van der Waals surface area contributed by atoms with Crippen LogP contribution in [0.1, 0.15) is 25.5 Å². The second-order valence-corrected chi connectivity index (χ2v) is 5.15. The fraction of sp³-hybridized carbons (Fsp3) is 0.667. The van der Waals surface area contributed by atoms with Crippen LogP contribution in [0.3, 0.4) is 0 Å². The average molecular weight is 247 g/mol. The zero-order valence-electron chi connectivity index (χ0n) is 11.4. The third-order valence-corrected chi connectivity index (χ3v) is 3.87. The van der Waals surface area contributed by atoms with Gasteiger partial charge in [0.25, 0.3) is 0 Å². The molecule has 0 aliphatic carbocycles. The topological polar surface area (TPSA) is 28.2 Å². The first-order valence-corrected chi connectivity index (χ1v) is 7.21. The molecule has 3 heteroatoms. The number of aromatic nitrogens is 1. The van der Waals surface area contributed by atoms with E-state index < -0.39 is 0 Å². The van der Waals surface area contributed by atoms with Crippen LogP contribution >= 0.6 is 0 Å². The Morgan fingerprint density at radius 1 is 1.33 bits per heavy atom. The van der Waals surface area contributed by atoms with Crippen LogP contribution in [-0.2, 0) is 6.42 Å². The van der Waals surface area contributed by atoms with E-state index in [2.05, 4.69) is 34.3 Å². The van der Waals surface area contributed by atoms with Gasteiger partial charge in [0.2, 0.25) is 0 Å². The van der Waals surface area contributed by atoms with Gasteiger partial charge in [0.15, 0.2) is 0 Å². The second kappa shape index (κ2) is 7.49. The number of pyridine rings is 1. The lowest BCUT2D eigenvalue weighted by atomic mass is 9.97. The van der Waals surface area contributed by atoms with Gasteiger partial charge in [-0.25, -0.2) is 0 Å². The summed E-state index contributed by atoms with van der Waals surface area (Å²) in [6.07, 6.45) is 5.61. The van der Waals surface area contributed by atoms with Crippen LogP contribution in [0.2, 0.25) is 0 Å². The van der Waals surface area contributed by atoms with E-state index in [1.165, 1.54) is 44.7 Å². The van der Waals surface area contributed by atoms with E-state index >= 15 is 0 Å². The van der Waals surface area contributed by atoms with Crippen molar-refractivity contribution in [2.45, 2.75) is 26.2 Å². The summed E-state index contributed by atoms with van der Waals surface area (Å²) in [5.41, 5.74) is 1.19. The van der Waals surface area contributed by atoms with E-state index in [1.54, 1.807) is 0 Å². The van der Waals surface area contributed by atoms with Crippen LogP contribution in [0.15, 0.2) is 24.4 Å². The van der Waals surface area contributed by atoms with Gasteiger partial charge in [-0.1, -0.05) is 13.0 Å². The summed E-state index contributed by atoms with van der Waals surface area (Å²) in [5, 5.41) is 3.58. The SMILES string of the molecule is CCN1CCC(CNCCc2ccccn2)CC1. The van der Waals surface area contributed by atoms with Crippen molar-refractivity contribution in [2.75, 3.05) is 32.7 Å². The molecule has 1 aliphatic rings. The Labute approximate surface area is 111 Å². The summed E-state index contributed by atoms with van der Waals surface area (Å²) in [6.45, 7) is 8.24. The molecule has 1 aromatic heterocycles. The van der Waals surface area contributed by atoms with Crippen molar-refractivity contribution in [1.29, 1.82) is 0 Å². The highest BCUT2D eigenvalue weighted by atomic mass is 15.1. The Morgan fingerprint density at radius 2 is 2.17 bits per heavy atom. The van der Waals surface area contributed by atoms with E-state index in [-0.39, 0.29) is 0 Å². The van der Waals surface area contributed by atoms with Gasteiger partial charge in [-0.15, -0.1) is 0 Å².